The number of nitro groups is 1. The third-order valence-electron chi connectivity index (χ3n) is 2.80. The maximum Gasteiger partial charge on any atom is 0.293 e. The van der Waals surface area contributed by atoms with Gasteiger partial charge in [-0.25, -0.2) is 4.39 Å². The molecular formula is C13H18FN3O3. The molecule has 0 heterocycles. The van der Waals surface area contributed by atoms with Gasteiger partial charge in [0.05, 0.1) is 4.92 Å². The van der Waals surface area contributed by atoms with Crippen molar-refractivity contribution in [3.05, 3.63) is 33.6 Å². The van der Waals surface area contributed by atoms with Crippen molar-refractivity contribution in [3.63, 3.8) is 0 Å². The lowest BCUT2D eigenvalue weighted by Crippen LogP contribution is -2.34. The van der Waals surface area contributed by atoms with E-state index in [1.54, 1.807) is 6.92 Å². The first kappa shape index (κ1) is 15.9. The second-order valence-corrected chi connectivity index (χ2v) is 5.12. The van der Waals surface area contributed by atoms with Crippen molar-refractivity contribution in [2.24, 2.45) is 5.92 Å². The summed E-state index contributed by atoms with van der Waals surface area (Å²) in [5.74, 6) is -1.25. The molecule has 0 spiro atoms. The Bertz CT molecular complexity index is 532. The number of amides is 1. The number of anilines is 1. The summed E-state index contributed by atoms with van der Waals surface area (Å²) in [5.41, 5.74) is 4.11. The fourth-order valence-corrected chi connectivity index (χ4v) is 2.03. The van der Waals surface area contributed by atoms with E-state index < -0.39 is 33.6 Å². The molecule has 0 saturated carbocycles. The highest BCUT2D eigenvalue weighted by molar-refractivity contribution is 6.01. The number of nitrogens with two attached hydrogens (primary N) is 1. The van der Waals surface area contributed by atoms with E-state index in [1.165, 1.54) is 0 Å². The van der Waals surface area contributed by atoms with Crippen LogP contribution >= 0.6 is 0 Å². The Hall–Kier alpha value is -2.18. The minimum atomic E-state index is -0.873. The number of nitrogens with zero attached hydrogens (tertiary/aromatic N) is 1. The molecule has 20 heavy (non-hydrogen) atoms. The summed E-state index contributed by atoms with van der Waals surface area (Å²) in [6.45, 7) is 5.76. The zero-order valence-electron chi connectivity index (χ0n) is 11.6. The molecule has 6 nitrogen and oxygen atoms in total. The molecule has 0 aliphatic rings. The number of carbonyl (C=O) groups excluding carboxylic acids is 1. The van der Waals surface area contributed by atoms with Crippen molar-refractivity contribution >= 4 is 17.3 Å². The van der Waals surface area contributed by atoms with Crippen LogP contribution < -0.4 is 11.1 Å². The Balaban J connectivity index is 3.04. The molecule has 0 aliphatic carbocycles. The Kier molecular flexibility index (Phi) is 5.01. The topological polar surface area (TPSA) is 98.3 Å². The van der Waals surface area contributed by atoms with Crippen molar-refractivity contribution in [1.29, 1.82) is 0 Å². The number of rotatable bonds is 5. The van der Waals surface area contributed by atoms with Gasteiger partial charge in [0, 0.05) is 12.1 Å². The average molecular weight is 283 g/mol. The van der Waals surface area contributed by atoms with Gasteiger partial charge >= 0.3 is 0 Å². The van der Waals surface area contributed by atoms with Crippen LogP contribution in [0.15, 0.2) is 12.1 Å². The van der Waals surface area contributed by atoms with Crippen LogP contribution in [0, 0.1) is 21.8 Å². The molecule has 1 aromatic rings. The number of halogens is 1. The largest absolute Gasteiger partial charge is 0.392 e. The number of nitrogen functional groups attached to an aromatic ring is 1. The number of carbonyl (C=O) groups is 1. The van der Waals surface area contributed by atoms with Crippen LogP contribution in [0.25, 0.3) is 0 Å². The van der Waals surface area contributed by atoms with Crippen LogP contribution in [0.2, 0.25) is 0 Å². The summed E-state index contributed by atoms with van der Waals surface area (Å²) in [5, 5.41) is 13.3. The molecule has 110 valence electrons. The van der Waals surface area contributed by atoms with Crippen molar-refractivity contribution in [2.75, 3.05) is 5.73 Å². The van der Waals surface area contributed by atoms with Gasteiger partial charge < -0.3 is 11.1 Å². The number of nitro benzene ring substituents is 1. The van der Waals surface area contributed by atoms with Gasteiger partial charge in [0.15, 0.2) is 0 Å². The van der Waals surface area contributed by atoms with E-state index in [0.29, 0.717) is 12.3 Å². The number of hydrogen-bond acceptors (Lipinski definition) is 4. The lowest BCUT2D eigenvalue weighted by atomic mass is 10.0. The third-order valence-corrected chi connectivity index (χ3v) is 2.80. The molecule has 7 heteroatoms. The van der Waals surface area contributed by atoms with E-state index in [2.05, 4.69) is 5.32 Å². The lowest BCUT2D eigenvalue weighted by Gasteiger charge is -2.16. The minimum absolute atomic E-state index is 0.180. The fraction of sp³-hybridized carbons (Fsp3) is 0.462. The van der Waals surface area contributed by atoms with Crippen molar-refractivity contribution in [2.45, 2.75) is 33.2 Å². The van der Waals surface area contributed by atoms with E-state index in [4.69, 9.17) is 5.73 Å². The van der Waals surface area contributed by atoms with Crippen LogP contribution in [-0.4, -0.2) is 16.9 Å². The summed E-state index contributed by atoms with van der Waals surface area (Å²) in [6.07, 6.45) is 0.711. The standard InChI is InChI=1S/C13H18FN3O3/c1-7(2)6-8(3)16-13(18)11-9(14)4-5-10(12(11)15)17(19)20/h4-5,7-8H,6,15H2,1-3H3,(H,16,18). The molecular weight excluding hydrogens is 265 g/mol. The molecule has 1 aromatic carbocycles. The number of benzene rings is 1. The molecule has 0 aromatic heterocycles. The normalized spacial score (nSPS) is 12.2. The quantitative estimate of drug-likeness (QED) is 0.492. The fourth-order valence-electron chi connectivity index (χ4n) is 2.03. The number of hydrogen-bond donors (Lipinski definition) is 2. The zero-order chi connectivity index (χ0) is 15.4. The Morgan fingerprint density at radius 1 is 1.45 bits per heavy atom. The molecule has 0 radical (unpaired) electrons. The van der Waals surface area contributed by atoms with Crippen molar-refractivity contribution in [3.8, 4) is 0 Å². The van der Waals surface area contributed by atoms with Crippen LogP contribution in [0.3, 0.4) is 0 Å². The van der Waals surface area contributed by atoms with E-state index in [1.807, 2.05) is 13.8 Å². The molecule has 0 fully saturated rings. The van der Waals surface area contributed by atoms with Crippen molar-refractivity contribution < 1.29 is 14.1 Å². The SMILES string of the molecule is CC(C)CC(C)NC(=O)c1c(F)ccc([N+](=O)[O-])c1N. The van der Waals surface area contributed by atoms with Gasteiger partial charge in [-0.2, -0.15) is 0 Å². The Morgan fingerprint density at radius 3 is 2.55 bits per heavy atom. The average Bonchev–Trinajstić information content (AvgIpc) is 2.26. The minimum Gasteiger partial charge on any atom is -0.392 e. The van der Waals surface area contributed by atoms with Gasteiger partial charge in [0.25, 0.3) is 11.6 Å². The van der Waals surface area contributed by atoms with Gasteiger partial charge in [-0.15, -0.1) is 0 Å². The summed E-state index contributed by atoms with van der Waals surface area (Å²) in [7, 11) is 0. The summed E-state index contributed by atoms with van der Waals surface area (Å²) in [4.78, 5) is 22.0. The lowest BCUT2D eigenvalue weighted by molar-refractivity contribution is -0.384. The highest BCUT2D eigenvalue weighted by Crippen LogP contribution is 2.27. The van der Waals surface area contributed by atoms with Crippen molar-refractivity contribution in [1.82, 2.24) is 5.32 Å². The summed E-state index contributed by atoms with van der Waals surface area (Å²) in [6, 6.07) is 1.63. The van der Waals surface area contributed by atoms with Crippen LogP contribution in [0.1, 0.15) is 37.6 Å². The molecule has 1 unspecified atom stereocenters. The molecule has 1 rings (SSSR count). The predicted octanol–water partition coefficient (Wildman–Crippen LogP) is 2.48. The smallest absolute Gasteiger partial charge is 0.293 e. The second kappa shape index (κ2) is 6.31. The van der Waals surface area contributed by atoms with E-state index >= 15 is 0 Å². The van der Waals surface area contributed by atoms with Gasteiger partial charge in [-0.05, 0) is 25.3 Å². The first-order chi connectivity index (χ1) is 9.23. The Labute approximate surface area is 116 Å². The maximum atomic E-state index is 13.7. The first-order valence-corrected chi connectivity index (χ1v) is 6.27. The highest BCUT2D eigenvalue weighted by atomic mass is 19.1. The maximum absolute atomic E-state index is 13.7. The summed E-state index contributed by atoms with van der Waals surface area (Å²) >= 11 is 0. The van der Waals surface area contributed by atoms with Crippen LogP contribution in [0.4, 0.5) is 15.8 Å². The first-order valence-electron chi connectivity index (χ1n) is 6.27. The molecule has 1 amide bonds. The Morgan fingerprint density at radius 2 is 2.05 bits per heavy atom. The highest BCUT2D eigenvalue weighted by Gasteiger charge is 2.24. The van der Waals surface area contributed by atoms with E-state index in [0.717, 1.165) is 12.1 Å². The molecule has 1 atom stereocenters. The molecule has 3 N–H and O–H groups in total. The third kappa shape index (κ3) is 3.66. The van der Waals surface area contributed by atoms with E-state index in [9.17, 15) is 19.3 Å². The monoisotopic (exact) mass is 283 g/mol. The van der Waals surface area contributed by atoms with E-state index in [-0.39, 0.29) is 6.04 Å². The zero-order valence-corrected chi connectivity index (χ0v) is 11.6. The van der Waals surface area contributed by atoms with Gasteiger partial charge in [-0.1, -0.05) is 13.8 Å². The van der Waals surface area contributed by atoms with Crippen LogP contribution in [0.5, 0.6) is 0 Å². The van der Waals surface area contributed by atoms with Gasteiger partial charge in [0.1, 0.15) is 17.1 Å². The van der Waals surface area contributed by atoms with Gasteiger partial charge in [-0.3, -0.25) is 14.9 Å². The second-order valence-electron chi connectivity index (χ2n) is 5.12. The molecule has 0 bridgehead atoms. The molecule has 0 aliphatic heterocycles. The van der Waals surface area contributed by atoms with Crippen LogP contribution in [-0.2, 0) is 0 Å². The predicted molar refractivity (Wildman–Crippen MR) is 73.9 cm³/mol. The number of nitrogens with one attached hydrogen (secondary N) is 1. The summed E-state index contributed by atoms with van der Waals surface area (Å²) < 4.78 is 13.7. The van der Waals surface area contributed by atoms with Gasteiger partial charge in [0.2, 0.25) is 0 Å². The molecule has 0 saturated heterocycles.